The van der Waals surface area contributed by atoms with Crippen LogP contribution in [-0.4, -0.2) is 11.9 Å². The van der Waals surface area contributed by atoms with Gasteiger partial charge in [0.15, 0.2) is 0 Å². The van der Waals surface area contributed by atoms with Gasteiger partial charge in [-0.05, 0) is 35.9 Å². The van der Waals surface area contributed by atoms with Crippen LogP contribution >= 0.6 is 22.5 Å². The molecule has 0 bridgehead atoms. The second-order valence-electron chi connectivity index (χ2n) is 4.70. The molecule has 1 aliphatic rings. The Morgan fingerprint density at radius 3 is 2.50 bits per heavy atom. The lowest BCUT2D eigenvalue weighted by atomic mass is 10.2. The predicted molar refractivity (Wildman–Crippen MR) is 83.7 cm³/mol. The molecular formula is C15H11ClF3NOS. The third-order valence-electron chi connectivity index (χ3n) is 3.09. The van der Waals surface area contributed by atoms with Crippen molar-refractivity contribution < 1.29 is 17.9 Å². The highest BCUT2D eigenvalue weighted by Gasteiger charge is 2.31. The minimum absolute atomic E-state index is 0.215. The Bertz CT molecular complexity index is 716. The van der Waals surface area contributed by atoms with Crippen molar-refractivity contribution in [3.05, 3.63) is 53.1 Å². The lowest BCUT2D eigenvalue weighted by molar-refractivity contribution is -0.274. The van der Waals surface area contributed by atoms with Crippen LogP contribution in [0.1, 0.15) is 5.56 Å². The molecule has 1 aliphatic heterocycles. The van der Waals surface area contributed by atoms with E-state index in [0.29, 0.717) is 10.8 Å². The molecule has 3 rings (SSSR count). The Labute approximate surface area is 132 Å². The Balaban J connectivity index is 1.73. The number of alkyl halides is 3. The molecule has 1 atom stereocenters. The molecular weight excluding hydrogens is 335 g/mol. The van der Waals surface area contributed by atoms with Gasteiger partial charge < -0.3 is 4.74 Å². The zero-order chi connectivity index (χ0) is 15.7. The van der Waals surface area contributed by atoms with Gasteiger partial charge >= 0.3 is 6.36 Å². The number of fused-ring (bicyclic) bond motifs is 1. The van der Waals surface area contributed by atoms with Gasteiger partial charge in [-0.15, -0.1) is 13.2 Å². The van der Waals surface area contributed by atoms with E-state index in [1.807, 2.05) is 17.7 Å². The molecule has 0 aromatic heterocycles. The van der Waals surface area contributed by atoms with Crippen LogP contribution < -0.4 is 4.74 Å². The first kappa shape index (κ1) is 15.2. The van der Waals surface area contributed by atoms with Crippen molar-refractivity contribution in [2.45, 2.75) is 17.0 Å². The molecule has 0 radical (unpaired) electrons. The van der Waals surface area contributed by atoms with Crippen molar-refractivity contribution >= 4 is 33.7 Å². The third kappa shape index (κ3) is 3.56. The third-order valence-corrected chi connectivity index (χ3v) is 5.41. The first-order valence-electron chi connectivity index (χ1n) is 6.36. The van der Waals surface area contributed by atoms with Crippen molar-refractivity contribution in [1.82, 2.24) is 0 Å². The van der Waals surface area contributed by atoms with E-state index < -0.39 is 17.3 Å². The summed E-state index contributed by atoms with van der Waals surface area (Å²) in [5.74, 6) is 0.492. The fourth-order valence-corrected chi connectivity index (χ4v) is 4.37. The van der Waals surface area contributed by atoms with Crippen LogP contribution in [0.4, 0.5) is 18.9 Å². The topological polar surface area (TPSA) is 21.6 Å². The molecule has 22 heavy (non-hydrogen) atoms. The summed E-state index contributed by atoms with van der Waals surface area (Å²) >= 11 is 6.01. The monoisotopic (exact) mass is 345 g/mol. The Morgan fingerprint density at radius 1 is 1.09 bits per heavy atom. The van der Waals surface area contributed by atoms with Gasteiger partial charge in [0.2, 0.25) is 0 Å². The van der Waals surface area contributed by atoms with Crippen molar-refractivity contribution in [1.29, 1.82) is 0 Å². The number of ether oxygens (including phenoxy) is 1. The SMILES string of the molecule is FC(F)(F)Oc1ccc(C[SH]2C=Nc3ccc(Cl)cc32)cc1. The minimum atomic E-state index is -4.67. The summed E-state index contributed by atoms with van der Waals surface area (Å²) in [4.78, 5) is 5.45. The van der Waals surface area contributed by atoms with Crippen molar-refractivity contribution in [3.8, 4) is 5.75 Å². The molecule has 2 aromatic carbocycles. The zero-order valence-electron chi connectivity index (χ0n) is 11.1. The summed E-state index contributed by atoms with van der Waals surface area (Å²) in [6.45, 7) is 0. The van der Waals surface area contributed by atoms with Crippen LogP contribution in [0, 0.1) is 0 Å². The maximum absolute atomic E-state index is 12.1. The van der Waals surface area contributed by atoms with E-state index in [9.17, 15) is 13.2 Å². The fourth-order valence-electron chi connectivity index (χ4n) is 2.15. The van der Waals surface area contributed by atoms with E-state index in [4.69, 9.17) is 11.6 Å². The summed E-state index contributed by atoms with van der Waals surface area (Å²) in [7, 11) is -0.629. The Hall–Kier alpha value is -1.66. The second kappa shape index (κ2) is 5.85. The summed E-state index contributed by atoms with van der Waals surface area (Å²) in [5.41, 5.74) is 3.74. The average molecular weight is 346 g/mol. The van der Waals surface area contributed by atoms with Gasteiger partial charge in [0.25, 0.3) is 0 Å². The molecule has 2 aromatic rings. The molecule has 0 fully saturated rings. The van der Waals surface area contributed by atoms with E-state index in [1.165, 1.54) is 12.1 Å². The smallest absolute Gasteiger partial charge is 0.406 e. The summed E-state index contributed by atoms with van der Waals surface area (Å²) < 4.78 is 40.2. The number of thiol groups is 1. The van der Waals surface area contributed by atoms with Gasteiger partial charge in [-0.25, -0.2) is 0 Å². The quantitative estimate of drug-likeness (QED) is 0.732. The van der Waals surface area contributed by atoms with Crippen molar-refractivity contribution in [2.75, 3.05) is 0 Å². The van der Waals surface area contributed by atoms with Crippen LogP contribution in [0.15, 0.2) is 52.4 Å². The van der Waals surface area contributed by atoms with E-state index >= 15 is 0 Å². The highest BCUT2D eigenvalue weighted by atomic mass is 35.5. The number of nitrogens with zero attached hydrogens (tertiary/aromatic N) is 1. The molecule has 0 saturated heterocycles. The van der Waals surface area contributed by atoms with Crippen LogP contribution in [-0.2, 0) is 5.75 Å². The molecule has 0 N–H and O–H groups in total. The molecule has 116 valence electrons. The average Bonchev–Trinajstić information content (AvgIpc) is 2.82. The first-order valence-corrected chi connectivity index (χ1v) is 8.33. The molecule has 0 spiro atoms. The largest absolute Gasteiger partial charge is 0.573 e. The molecule has 1 unspecified atom stereocenters. The van der Waals surface area contributed by atoms with E-state index in [2.05, 4.69) is 9.73 Å². The van der Waals surface area contributed by atoms with Crippen LogP contribution in [0.2, 0.25) is 5.02 Å². The van der Waals surface area contributed by atoms with Gasteiger partial charge in [0.1, 0.15) is 5.75 Å². The number of aliphatic imine (C=N–C) groups is 1. The van der Waals surface area contributed by atoms with Gasteiger partial charge in [0.05, 0.1) is 5.69 Å². The number of hydrogen-bond donors (Lipinski definition) is 1. The van der Waals surface area contributed by atoms with Gasteiger partial charge in [-0.2, -0.15) is 10.9 Å². The van der Waals surface area contributed by atoms with Crippen molar-refractivity contribution in [2.24, 2.45) is 4.99 Å². The molecule has 0 aliphatic carbocycles. The van der Waals surface area contributed by atoms with E-state index in [0.717, 1.165) is 16.1 Å². The molecule has 0 saturated carbocycles. The van der Waals surface area contributed by atoms with Gasteiger partial charge in [-0.1, -0.05) is 23.7 Å². The summed E-state index contributed by atoms with van der Waals surface area (Å²) in [5, 5.41) is 0.658. The van der Waals surface area contributed by atoms with Crippen LogP contribution in [0.5, 0.6) is 5.75 Å². The van der Waals surface area contributed by atoms with Gasteiger partial charge in [-0.3, -0.25) is 4.99 Å². The van der Waals surface area contributed by atoms with Gasteiger partial charge in [0, 0.05) is 21.2 Å². The second-order valence-corrected chi connectivity index (χ2v) is 7.10. The van der Waals surface area contributed by atoms with E-state index in [-0.39, 0.29) is 5.75 Å². The summed E-state index contributed by atoms with van der Waals surface area (Å²) in [6, 6.07) is 11.5. The van der Waals surface area contributed by atoms with Crippen LogP contribution in [0.25, 0.3) is 0 Å². The maximum Gasteiger partial charge on any atom is 0.573 e. The molecule has 1 heterocycles. The first-order chi connectivity index (χ1) is 10.4. The minimum Gasteiger partial charge on any atom is -0.406 e. The zero-order valence-corrected chi connectivity index (χ0v) is 12.8. The summed E-state index contributed by atoms with van der Waals surface area (Å²) in [6.07, 6.45) is -4.67. The number of rotatable bonds is 3. The molecule has 0 amide bonds. The van der Waals surface area contributed by atoms with E-state index in [1.54, 1.807) is 18.2 Å². The lowest BCUT2D eigenvalue weighted by Crippen LogP contribution is -2.17. The predicted octanol–water partition coefficient (Wildman–Crippen LogP) is 5.47. The molecule has 2 nitrogen and oxygen atoms in total. The lowest BCUT2D eigenvalue weighted by Gasteiger charge is -2.15. The highest BCUT2D eigenvalue weighted by Crippen LogP contribution is 2.48. The fraction of sp³-hybridized carbons (Fsp3) is 0.133. The number of hydrogen-bond acceptors (Lipinski definition) is 2. The molecule has 7 heteroatoms. The van der Waals surface area contributed by atoms with Crippen LogP contribution in [0.3, 0.4) is 0 Å². The van der Waals surface area contributed by atoms with Crippen molar-refractivity contribution in [3.63, 3.8) is 0 Å². The Kier molecular flexibility index (Phi) is 4.06. The number of halogens is 4. The highest BCUT2D eigenvalue weighted by molar-refractivity contribution is 8.28. The standard InChI is InChI=1S/C15H11ClF3NOS/c16-11-3-6-13-14(7-11)22(9-20-13)8-10-1-4-12(5-2-10)21-15(17,18)19/h1-7,9,22H,8H2. The maximum atomic E-state index is 12.1. The number of benzene rings is 2. The Morgan fingerprint density at radius 2 is 1.82 bits per heavy atom. The normalized spacial score (nSPS) is 18.3.